The highest BCUT2D eigenvalue weighted by Crippen LogP contribution is 2.32. The van der Waals surface area contributed by atoms with E-state index >= 15 is 0 Å². The number of pyridine rings is 2. The van der Waals surface area contributed by atoms with Crippen molar-refractivity contribution >= 4 is 28.5 Å². The minimum absolute atomic E-state index is 0.223. The highest BCUT2D eigenvalue weighted by atomic mass is 35.5. The van der Waals surface area contributed by atoms with Crippen molar-refractivity contribution in [2.24, 2.45) is 0 Å². The van der Waals surface area contributed by atoms with Gasteiger partial charge in [-0.05, 0) is 30.7 Å². The van der Waals surface area contributed by atoms with Gasteiger partial charge in [-0.2, -0.15) is 4.98 Å². The summed E-state index contributed by atoms with van der Waals surface area (Å²) in [4.78, 5) is 34.9. The Labute approximate surface area is 176 Å². The summed E-state index contributed by atoms with van der Waals surface area (Å²) in [7, 11) is 1.29. The van der Waals surface area contributed by atoms with Crippen molar-refractivity contribution in [3.63, 3.8) is 0 Å². The highest BCUT2D eigenvalue weighted by Gasteiger charge is 2.24. The molecule has 0 spiro atoms. The lowest BCUT2D eigenvalue weighted by molar-refractivity contribution is 0.0600. The summed E-state index contributed by atoms with van der Waals surface area (Å²) in [6, 6.07) is 8.60. The van der Waals surface area contributed by atoms with Crippen molar-refractivity contribution in [3.05, 3.63) is 69.0 Å². The number of H-pyrrole nitrogens is 1. The van der Waals surface area contributed by atoms with Gasteiger partial charge < -0.3 is 4.74 Å². The number of aromatic nitrogens is 5. The molecule has 4 rings (SSSR count). The molecule has 8 nitrogen and oxygen atoms in total. The molecule has 152 valence electrons. The SMILES string of the molecule is CCc1nc(-n2ccc3nc(C)c(C(=O)OC)c(-c4ccc(Cl)cc4)c3c2=O)n[nH]1. The fourth-order valence-corrected chi connectivity index (χ4v) is 3.49. The molecule has 0 aliphatic rings. The number of carbonyl (C=O) groups excluding carboxylic acids is 1. The van der Waals surface area contributed by atoms with Gasteiger partial charge in [-0.15, -0.1) is 5.10 Å². The Kier molecular flexibility index (Phi) is 5.09. The van der Waals surface area contributed by atoms with Crippen LogP contribution in [-0.4, -0.2) is 37.8 Å². The van der Waals surface area contributed by atoms with Crippen molar-refractivity contribution in [2.75, 3.05) is 7.11 Å². The molecule has 0 aliphatic carbocycles. The van der Waals surface area contributed by atoms with E-state index in [0.717, 1.165) is 0 Å². The minimum atomic E-state index is -0.576. The number of hydrogen-bond donors (Lipinski definition) is 1. The second-order valence-corrected chi connectivity index (χ2v) is 7.07. The average Bonchev–Trinajstić information content (AvgIpc) is 3.22. The zero-order valence-corrected chi connectivity index (χ0v) is 17.3. The van der Waals surface area contributed by atoms with Gasteiger partial charge in [-0.25, -0.2) is 9.36 Å². The van der Waals surface area contributed by atoms with Crippen molar-refractivity contribution < 1.29 is 9.53 Å². The molecule has 0 saturated heterocycles. The third-order valence-corrected chi connectivity index (χ3v) is 5.06. The van der Waals surface area contributed by atoms with Crippen LogP contribution in [0.1, 0.15) is 28.8 Å². The molecular weight excluding hydrogens is 406 g/mol. The maximum atomic E-state index is 13.5. The maximum absolute atomic E-state index is 13.5. The smallest absolute Gasteiger partial charge is 0.340 e. The van der Waals surface area contributed by atoms with E-state index in [-0.39, 0.29) is 16.9 Å². The van der Waals surface area contributed by atoms with Crippen LogP contribution in [0.25, 0.3) is 28.0 Å². The molecule has 9 heteroatoms. The van der Waals surface area contributed by atoms with E-state index in [1.807, 2.05) is 6.92 Å². The Morgan fingerprint density at radius 2 is 1.93 bits per heavy atom. The molecule has 0 atom stereocenters. The van der Waals surface area contributed by atoms with Gasteiger partial charge >= 0.3 is 5.97 Å². The van der Waals surface area contributed by atoms with Crippen molar-refractivity contribution in [2.45, 2.75) is 20.3 Å². The lowest BCUT2D eigenvalue weighted by Crippen LogP contribution is -2.21. The van der Waals surface area contributed by atoms with Gasteiger partial charge in [0.15, 0.2) is 0 Å². The standard InChI is InChI=1S/C21H18ClN5O3/c1-4-15-24-21(26-25-15)27-10-9-14-18(19(27)28)17(12-5-7-13(22)8-6-12)16(11(2)23-14)20(29)30-3/h5-10H,4H2,1-3H3,(H,24,25,26). The molecule has 30 heavy (non-hydrogen) atoms. The van der Waals surface area contributed by atoms with Crippen LogP contribution in [0, 0.1) is 6.92 Å². The van der Waals surface area contributed by atoms with Gasteiger partial charge in [0, 0.05) is 23.2 Å². The number of halogens is 1. The molecule has 0 radical (unpaired) electrons. The van der Waals surface area contributed by atoms with Crippen molar-refractivity contribution in [1.29, 1.82) is 0 Å². The summed E-state index contributed by atoms with van der Waals surface area (Å²) < 4.78 is 6.31. The highest BCUT2D eigenvalue weighted by molar-refractivity contribution is 6.30. The van der Waals surface area contributed by atoms with E-state index < -0.39 is 11.5 Å². The van der Waals surface area contributed by atoms with Gasteiger partial charge in [0.1, 0.15) is 5.82 Å². The van der Waals surface area contributed by atoms with Crippen LogP contribution in [0.3, 0.4) is 0 Å². The molecular formula is C21H18ClN5O3. The Bertz CT molecular complexity index is 1330. The normalized spacial score (nSPS) is 11.1. The summed E-state index contributed by atoms with van der Waals surface area (Å²) in [6.45, 7) is 3.64. The van der Waals surface area contributed by atoms with Crippen LogP contribution in [0.4, 0.5) is 0 Å². The first kappa shape index (κ1) is 19.8. The van der Waals surface area contributed by atoms with Crippen molar-refractivity contribution in [3.8, 4) is 17.1 Å². The van der Waals surface area contributed by atoms with Crippen LogP contribution in [0.2, 0.25) is 5.02 Å². The van der Waals surface area contributed by atoms with E-state index in [1.165, 1.54) is 11.7 Å². The number of ether oxygens (including phenoxy) is 1. The number of aromatic amines is 1. The van der Waals surface area contributed by atoms with E-state index in [0.29, 0.717) is 39.6 Å². The average molecular weight is 424 g/mol. The maximum Gasteiger partial charge on any atom is 0.340 e. The number of methoxy groups -OCH3 is 1. The number of aryl methyl sites for hydroxylation is 2. The second kappa shape index (κ2) is 7.72. The summed E-state index contributed by atoms with van der Waals surface area (Å²) in [5, 5.41) is 7.74. The molecule has 3 heterocycles. The van der Waals surface area contributed by atoms with Crippen LogP contribution in [-0.2, 0) is 11.2 Å². The van der Waals surface area contributed by atoms with Gasteiger partial charge in [0.25, 0.3) is 11.5 Å². The largest absolute Gasteiger partial charge is 0.465 e. The number of nitrogens with one attached hydrogen (secondary N) is 1. The van der Waals surface area contributed by atoms with Crippen molar-refractivity contribution in [1.82, 2.24) is 24.7 Å². The first-order valence-corrected chi connectivity index (χ1v) is 9.64. The van der Waals surface area contributed by atoms with E-state index in [4.69, 9.17) is 16.3 Å². The molecule has 3 aromatic heterocycles. The third kappa shape index (κ3) is 3.25. The number of rotatable bonds is 4. The predicted octanol–water partition coefficient (Wildman–Crippen LogP) is 3.48. The van der Waals surface area contributed by atoms with Gasteiger partial charge in [-0.3, -0.25) is 14.9 Å². The molecule has 1 aromatic carbocycles. The molecule has 0 amide bonds. The third-order valence-electron chi connectivity index (χ3n) is 4.81. The fourth-order valence-electron chi connectivity index (χ4n) is 3.36. The number of benzene rings is 1. The van der Waals surface area contributed by atoms with Crippen LogP contribution in [0.15, 0.2) is 41.3 Å². The zero-order chi connectivity index (χ0) is 21.4. The Morgan fingerprint density at radius 1 is 1.20 bits per heavy atom. The second-order valence-electron chi connectivity index (χ2n) is 6.63. The van der Waals surface area contributed by atoms with E-state index in [2.05, 4.69) is 20.2 Å². The van der Waals surface area contributed by atoms with Gasteiger partial charge in [0.2, 0.25) is 0 Å². The molecule has 0 fully saturated rings. The lowest BCUT2D eigenvalue weighted by Gasteiger charge is -2.15. The molecule has 0 bridgehead atoms. The van der Waals surface area contributed by atoms with E-state index in [9.17, 15) is 9.59 Å². The monoisotopic (exact) mass is 423 g/mol. The Balaban J connectivity index is 2.12. The van der Waals surface area contributed by atoms with Gasteiger partial charge in [-0.1, -0.05) is 30.7 Å². The number of fused-ring (bicyclic) bond motifs is 1. The number of carbonyl (C=O) groups is 1. The zero-order valence-electron chi connectivity index (χ0n) is 16.6. The molecule has 0 unspecified atom stereocenters. The predicted molar refractivity (Wildman–Crippen MR) is 113 cm³/mol. The number of esters is 1. The fraction of sp³-hybridized carbons (Fsp3) is 0.190. The molecule has 0 aliphatic heterocycles. The van der Waals surface area contributed by atoms with Crippen LogP contribution >= 0.6 is 11.6 Å². The quantitative estimate of drug-likeness (QED) is 0.504. The lowest BCUT2D eigenvalue weighted by atomic mass is 9.95. The first-order chi connectivity index (χ1) is 14.4. The summed E-state index contributed by atoms with van der Waals surface area (Å²) in [6.07, 6.45) is 2.22. The molecule has 4 aromatic rings. The molecule has 1 N–H and O–H groups in total. The van der Waals surface area contributed by atoms with Crippen LogP contribution in [0.5, 0.6) is 0 Å². The Hall–Kier alpha value is -3.52. The van der Waals surface area contributed by atoms with Gasteiger partial charge in [0.05, 0.1) is 29.3 Å². The summed E-state index contributed by atoms with van der Waals surface area (Å²) in [5.74, 6) is 0.306. The number of nitrogens with zero attached hydrogens (tertiary/aromatic N) is 4. The topological polar surface area (TPSA) is 103 Å². The Morgan fingerprint density at radius 3 is 2.57 bits per heavy atom. The summed E-state index contributed by atoms with van der Waals surface area (Å²) >= 11 is 6.04. The summed E-state index contributed by atoms with van der Waals surface area (Å²) in [5.41, 5.74) is 1.84. The minimum Gasteiger partial charge on any atom is -0.465 e. The van der Waals surface area contributed by atoms with E-state index in [1.54, 1.807) is 43.5 Å². The first-order valence-electron chi connectivity index (χ1n) is 9.26. The van der Waals surface area contributed by atoms with Crippen LogP contribution < -0.4 is 5.56 Å². The number of hydrogen-bond acceptors (Lipinski definition) is 6. The molecule has 0 saturated carbocycles.